The predicted molar refractivity (Wildman–Crippen MR) is 59.0 cm³/mol. The molecule has 0 radical (unpaired) electrons. The number of amides is 1. The number of halogens is 1. The third-order valence-electron chi connectivity index (χ3n) is 2.38. The van der Waals surface area contributed by atoms with E-state index in [-0.39, 0.29) is 11.7 Å². The van der Waals surface area contributed by atoms with E-state index < -0.39 is 5.82 Å². The van der Waals surface area contributed by atoms with E-state index in [9.17, 15) is 14.3 Å². The first kappa shape index (κ1) is 10.4. The summed E-state index contributed by atoms with van der Waals surface area (Å²) in [4.78, 5) is 11.4. The molecule has 0 aliphatic heterocycles. The molecular weight excluding hydrogens is 209 g/mol. The third kappa shape index (κ3) is 1.69. The molecule has 1 amide bonds. The summed E-state index contributed by atoms with van der Waals surface area (Å²) in [7, 11) is 1.51. The summed E-state index contributed by atoms with van der Waals surface area (Å²) >= 11 is 0. The van der Waals surface area contributed by atoms with Crippen molar-refractivity contribution in [3.63, 3.8) is 0 Å². The van der Waals surface area contributed by atoms with E-state index in [1.807, 2.05) is 0 Å². The quantitative estimate of drug-likeness (QED) is 0.771. The highest BCUT2D eigenvalue weighted by Gasteiger charge is 2.08. The van der Waals surface area contributed by atoms with E-state index in [0.717, 1.165) is 0 Å². The van der Waals surface area contributed by atoms with Crippen LogP contribution < -0.4 is 5.32 Å². The largest absolute Gasteiger partial charge is 0.507 e. The number of carbonyl (C=O) groups is 1. The standard InChI is InChI=1S/C12H10FNO2/c1-14-12(16)8-4-7-2-3-9(13)6-10(7)11(15)5-8/h2-6,15H,1H3,(H,14,16). The molecule has 0 heterocycles. The molecule has 2 N–H and O–H groups in total. The van der Waals surface area contributed by atoms with Gasteiger partial charge < -0.3 is 10.4 Å². The topological polar surface area (TPSA) is 49.3 Å². The van der Waals surface area contributed by atoms with Crippen LogP contribution in [0.3, 0.4) is 0 Å². The lowest BCUT2D eigenvalue weighted by molar-refractivity contribution is 0.0963. The molecule has 0 atom stereocenters. The highest BCUT2D eigenvalue weighted by atomic mass is 19.1. The van der Waals surface area contributed by atoms with Crippen LogP contribution in [0.15, 0.2) is 30.3 Å². The van der Waals surface area contributed by atoms with Crippen molar-refractivity contribution in [2.75, 3.05) is 7.05 Å². The highest BCUT2D eigenvalue weighted by Crippen LogP contribution is 2.27. The van der Waals surface area contributed by atoms with E-state index in [0.29, 0.717) is 16.3 Å². The zero-order chi connectivity index (χ0) is 11.7. The van der Waals surface area contributed by atoms with E-state index >= 15 is 0 Å². The van der Waals surface area contributed by atoms with Crippen LogP contribution in [-0.2, 0) is 0 Å². The molecule has 0 saturated heterocycles. The lowest BCUT2D eigenvalue weighted by atomic mass is 10.1. The highest BCUT2D eigenvalue weighted by molar-refractivity contribution is 6.00. The summed E-state index contributed by atoms with van der Waals surface area (Å²) in [5.41, 5.74) is 0.346. The van der Waals surface area contributed by atoms with Crippen molar-refractivity contribution in [1.29, 1.82) is 0 Å². The minimum Gasteiger partial charge on any atom is -0.507 e. The van der Waals surface area contributed by atoms with Gasteiger partial charge in [0.2, 0.25) is 0 Å². The first-order valence-corrected chi connectivity index (χ1v) is 4.76. The van der Waals surface area contributed by atoms with Crippen LogP contribution in [0.4, 0.5) is 4.39 Å². The van der Waals surface area contributed by atoms with Crippen molar-refractivity contribution in [2.24, 2.45) is 0 Å². The Morgan fingerprint density at radius 1 is 1.31 bits per heavy atom. The molecule has 0 aliphatic rings. The second-order valence-electron chi connectivity index (χ2n) is 3.44. The molecule has 2 aromatic rings. The Bertz CT molecular complexity index is 566. The van der Waals surface area contributed by atoms with Crippen LogP contribution in [0.2, 0.25) is 0 Å². The molecule has 2 aromatic carbocycles. The van der Waals surface area contributed by atoms with Gasteiger partial charge in [-0.05, 0) is 29.7 Å². The maximum atomic E-state index is 13.0. The van der Waals surface area contributed by atoms with Gasteiger partial charge in [0.05, 0.1) is 0 Å². The zero-order valence-corrected chi connectivity index (χ0v) is 8.62. The monoisotopic (exact) mass is 219 g/mol. The smallest absolute Gasteiger partial charge is 0.251 e. The average molecular weight is 219 g/mol. The molecule has 0 fully saturated rings. The van der Waals surface area contributed by atoms with Gasteiger partial charge in [-0.1, -0.05) is 6.07 Å². The minimum atomic E-state index is -0.421. The molecule has 0 bridgehead atoms. The Hall–Kier alpha value is -2.10. The fourth-order valence-corrected chi connectivity index (χ4v) is 1.59. The summed E-state index contributed by atoms with van der Waals surface area (Å²) in [5, 5.41) is 13.2. The van der Waals surface area contributed by atoms with Crippen molar-refractivity contribution in [1.82, 2.24) is 5.32 Å². The van der Waals surface area contributed by atoms with Gasteiger partial charge in [0, 0.05) is 18.0 Å². The second kappa shape index (κ2) is 3.81. The van der Waals surface area contributed by atoms with Crippen LogP contribution in [0.5, 0.6) is 5.75 Å². The molecule has 4 heteroatoms. The Morgan fingerprint density at radius 2 is 2.06 bits per heavy atom. The van der Waals surface area contributed by atoms with Crippen LogP contribution >= 0.6 is 0 Å². The molecule has 2 rings (SSSR count). The average Bonchev–Trinajstić information content (AvgIpc) is 2.28. The lowest BCUT2D eigenvalue weighted by Gasteiger charge is -2.05. The van der Waals surface area contributed by atoms with Crippen molar-refractivity contribution in [3.05, 3.63) is 41.7 Å². The molecule has 3 nitrogen and oxygen atoms in total. The Morgan fingerprint density at radius 3 is 2.75 bits per heavy atom. The molecule has 16 heavy (non-hydrogen) atoms. The number of nitrogens with one attached hydrogen (secondary N) is 1. The minimum absolute atomic E-state index is 0.101. The number of benzene rings is 2. The first-order chi connectivity index (χ1) is 7.61. The van der Waals surface area contributed by atoms with Crippen LogP contribution in [0.1, 0.15) is 10.4 Å². The summed E-state index contributed by atoms with van der Waals surface area (Å²) < 4.78 is 13.0. The molecular formula is C12H10FNO2. The van der Waals surface area contributed by atoms with Gasteiger partial charge in [0.1, 0.15) is 11.6 Å². The maximum absolute atomic E-state index is 13.0. The normalized spacial score (nSPS) is 10.4. The number of aromatic hydroxyl groups is 1. The van der Waals surface area contributed by atoms with E-state index in [1.54, 1.807) is 6.07 Å². The number of rotatable bonds is 1. The van der Waals surface area contributed by atoms with Crippen LogP contribution in [0.25, 0.3) is 10.8 Å². The Kier molecular flexibility index (Phi) is 2.48. The van der Waals surface area contributed by atoms with Gasteiger partial charge in [-0.15, -0.1) is 0 Å². The summed E-state index contributed by atoms with van der Waals surface area (Å²) in [5.74, 6) is -0.812. The number of carbonyl (C=O) groups excluding carboxylic acids is 1. The molecule has 0 aromatic heterocycles. The number of phenols is 1. The fourth-order valence-electron chi connectivity index (χ4n) is 1.59. The fraction of sp³-hybridized carbons (Fsp3) is 0.0833. The van der Waals surface area contributed by atoms with E-state index in [1.165, 1.54) is 31.3 Å². The molecule has 0 aliphatic carbocycles. The lowest BCUT2D eigenvalue weighted by Crippen LogP contribution is -2.17. The van der Waals surface area contributed by atoms with Crippen LogP contribution in [0, 0.1) is 5.82 Å². The number of phenolic OH excluding ortho intramolecular Hbond substituents is 1. The van der Waals surface area contributed by atoms with Gasteiger partial charge >= 0.3 is 0 Å². The number of hydrogen-bond acceptors (Lipinski definition) is 2. The van der Waals surface area contributed by atoms with Crippen molar-refractivity contribution in [2.45, 2.75) is 0 Å². The zero-order valence-electron chi connectivity index (χ0n) is 8.62. The van der Waals surface area contributed by atoms with Gasteiger partial charge in [-0.2, -0.15) is 0 Å². The maximum Gasteiger partial charge on any atom is 0.251 e. The van der Waals surface area contributed by atoms with Crippen molar-refractivity contribution >= 4 is 16.7 Å². The SMILES string of the molecule is CNC(=O)c1cc(O)c2cc(F)ccc2c1. The van der Waals surface area contributed by atoms with Gasteiger partial charge in [0.15, 0.2) is 0 Å². The van der Waals surface area contributed by atoms with E-state index in [2.05, 4.69) is 5.32 Å². The van der Waals surface area contributed by atoms with Crippen LogP contribution in [-0.4, -0.2) is 18.1 Å². The van der Waals surface area contributed by atoms with E-state index in [4.69, 9.17) is 0 Å². The molecule has 82 valence electrons. The Balaban J connectivity index is 2.68. The van der Waals surface area contributed by atoms with Gasteiger partial charge in [-0.3, -0.25) is 4.79 Å². The summed E-state index contributed by atoms with van der Waals surface area (Å²) in [6.45, 7) is 0. The van der Waals surface area contributed by atoms with Crippen molar-refractivity contribution < 1.29 is 14.3 Å². The third-order valence-corrected chi connectivity index (χ3v) is 2.38. The number of hydrogen-bond donors (Lipinski definition) is 2. The number of fused-ring (bicyclic) bond motifs is 1. The summed E-state index contributed by atoms with van der Waals surface area (Å²) in [6.07, 6.45) is 0. The van der Waals surface area contributed by atoms with Gasteiger partial charge in [0.25, 0.3) is 5.91 Å². The Labute approximate surface area is 91.5 Å². The molecule has 0 unspecified atom stereocenters. The summed E-state index contributed by atoms with van der Waals surface area (Å²) in [6, 6.07) is 6.97. The van der Waals surface area contributed by atoms with Crippen molar-refractivity contribution in [3.8, 4) is 5.75 Å². The molecule has 0 spiro atoms. The second-order valence-corrected chi connectivity index (χ2v) is 3.44. The van der Waals surface area contributed by atoms with Gasteiger partial charge in [-0.25, -0.2) is 4.39 Å². The first-order valence-electron chi connectivity index (χ1n) is 4.76. The molecule has 0 saturated carbocycles. The predicted octanol–water partition coefficient (Wildman–Crippen LogP) is 2.04.